The smallest absolute Gasteiger partial charge is 0.123 e. The van der Waals surface area contributed by atoms with Gasteiger partial charge in [-0.2, -0.15) is 12.6 Å². The summed E-state index contributed by atoms with van der Waals surface area (Å²) in [4.78, 5) is 0. The Morgan fingerprint density at radius 1 is 1.27 bits per heavy atom. The molecule has 1 aromatic rings. The standard InChI is InChI=1S/C13H20OS/c1-10-5-6-12(14-7-8-15)11(9-10)13(2,3)4/h5-6,9,15H,7-8H2,1-4H3. The first-order chi connectivity index (χ1) is 6.95. The van der Waals surface area contributed by atoms with Crippen LogP contribution in [0.15, 0.2) is 18.2 Å². The molecule has 0 heterocycles. The van der Waals surface area contributed by atoms with Gasteiger partial charge in [0.25, 0.3) is 0 Å². The van der Waals surface area contributed by atoms with Crippen molar-refractivity contribution in [1.82, 2.24) is 0 Å². The molecule has 1 aromatic carbocycles. The van der Waals surface area contributed by atoms with Crippen LogP contribution in [-0.2, 0) is 5.41 Å². The molecule has 0 saturated carbocycles. The molecule has 0 radical (unpaired) electrons. The van der Waals surface area contributed by atoms with Gasteiger partial charge in [-0.15, -0.1) is 0 Å². The van der Waals surface area contributed by atoms with E-state index in [1.165, 1.54) is 11.1 Å². The molecule has 0 atom stereocenters. The Bertz CT molecular complexity index is 326. The van der Waals surface area contributed by atoms with Gasteiger partial charge in [0, 0.05) is 5.75 Å². The Morgan fingerprint density at radius 3 is 2.47 bits per heavy atom. The van der Waals surface area contributed by atoms with Crippen molar-refractivity contribution < 1.29 is 4.74 Å². The zero-order valence-electron chi connectivity index (χ0n) is 10.0. The maximum Gasteiger partial charge on any atom is 0.123 e. The van der Waals surface area contributed by atoms with Crippen molar-refractivity contribution in [2.45, 2.75) is 33.1 Å². The Hall–Kier alpha value is -0.630. The van der Waals surface area contributed by atoms with Crippen LogP contribution >= 0.6 is 12.6 Å². The molecule has 0 amide bonds. The molecule has 0 aliphatic carbocycles. The fourth-order valence-electron chi connectivity index (χ4n) is 1.51. The molecule has 0 unspecified atom stereocenters. The summed E-state index contributed by atoms with van der Waals surface area (Å²) in [6.07, 6.45) is 0. The molecule has 15 heavy (non-hydrogen) atoms. The van der Waals surface area contributed by atoms with Crippen molar-refractivity contribution in [3.63, 3.8) is 0 Å². The molecule has 0 N–H and O–H groups in total. The van der Waals surface area contributed by atoms with Crippen LogP contribution in [0.3, 0.4) is 0 Å². The van der Waals surface area contributed by atoms with Gasteiger partial charge in [0.15, 0.2) is 0 Å². The zero-order valence-corrected chi connectivity index (χ0v) is 10.9. The predicted molar refractivity (Wildman–Crippen MR) is 69.2 cm³/mol. The highest BCUT2D eigenvalue weighted by Gasteiger charge is 2.18. The number of hydrogen-bond donors (Lipinski definition) is 1. The van der Waals surface area contributed by atoms with Gasteiger partial charge < -0.3 is 4.74 Å². The van der Waals surface area contributed by atoms with E-state index in [0.717, 1.165) is 11.5 Å². The largest absolute Gasteiger partial charge is 0.492 e. The van der Waals surface area contributed by atoms with E-state index in [9.17, 15) is 0 Å². The maximum atomic E-state index is 5.69. The monoisotopic (exact) mass is 224 g/mol. The number of benzene rings is 1. The molecule has 0 saturated heterocycles. The average molecular weight is 224 g/mol. The fourth-order valence-corrected chi connectivity index (χ4v) is 1.60. The van der Waals surface area contributed by atoms with Crippen LogP contribution in [0, 0.1) is 6.92 Å². The molecule has 1 rings (SSSR count). The summed E-state index contributed by atoms with van der Waals surface area (Å²) in [6, 6.07) is 6.34. The second kappa shape index (κ2) is 4.93. The van der Waals surface area contributed by atoms with Crippen LogP contribution in [-0.4, -0.2) is 12.4 Å². The Kier molecular flexibility index (Phi) is 4.09. The van der Waals surface area contributed by atoms with E-state index in [2.05, 4.69) is 58.5 Å². The van der Waals surface area contributed by atoms with E-state index in [1.807, 2.05) is 0 Å². The third-order valence-electron chi connectivity index (χ3n) is 2.29. The molecular formula is C13H20OS. The first-order valence-corrected chi connectivity index (χ1v) is 5.93. The highest BCUT2D eigenvalue weighted by molar-refractivity contribution is 7.80. The molecular weight excluding hydrogens is 204 g/mol. The van der Waals surface area contributed by atoms with Crippen LogP contribution in [0.2, 0.25) is 0 Å². The molecule has 1 nitrogen and oxygen atoms in total. The van der Waals surface area contributed by atoms with Crippen LogP contribution in [0.5, 0.6) is 5.75 Å². The summed E-state index contributed by atoms with van der Waals surface area (Å²) in [6.45, 7) is 9.38. The fraction of sp³-hybridized carbons (Fsp3) is 0.538. The highest BCUT2D eigenvalue weighted by atomic mass is 32.1. The van der Waals surface area contributed by atoms with E-state index in [4.69, 9.17) is 4.74 Å². The van der Waals surface area contributed by atoms with Gasteiger partial charge in [0.2, 0.25) is 0 Å². The van der Waals surface area contributed by atoms with Crippen LogP contribution in [0.25, 0.3) is 0 Å². The minimum absolute atomic E-state index is 0.123. The highest BCUT2D eigenvalue weighted by Crippen LogP contribution is 2.32. The minimum atomic E-state index is 0.123. The first kappa shape index (κ1) is 12.4. The summed E-state index contributed by atoms with van der Waals surface area (Å²) < 4.78 is 5.69. The third kappa shape index (κ3) is 3.45. The Balaban J connectivity index is 3.04. The average Bonchev–Trinajstić information content (AvgIpc) is 2.14. The van der Waals surface area contributed by atoms with Crippen molar-refractivity contribution in [1.29, 1.82) is 0 Å². The molecule has 0 spiro atoms. The lowest BCUT2D eigenvalue weighted by Crippen LogP contribution is -2.14. The quantitative estimate of drug-likeness (QED) is 0.772. The number of hydrogen-bond acceptors (Lipinski definition) is 2. The second-order valence-electron chi connectivity index (χ2n) is 4.82. The molecule has 0 aliphatic rings. The second-order valence-corrected chi connectivity index (χ2v) is 5.27. The molecule has 0 fully saturated rings. The van der Waals surface area contributed by atoms with Gasteiger partial charge in [-0.3, -0.25) is 0 Å². The van der Waals surface area contributed by atoms with E-state index >= 15 is 0 Å². The number of ether oxygens (including phenoxy) is 1. The number of aryl methyl sites for hydroxylation is 1. The molecule has 0 aliphatic heterocycles. The van der Waals surface area contributed by atoms with Gasteiger partial charge in [-0.1, -0.05) is 38.5 Å². The lowest BCUT2D eigenvalue weighted by atomic mass is 9.85. The summed E-state index contributed by atoms with van der Waals surface area (Å²) in [5, 5.41) is 0. The zero-order chi connectivity index (χ0) is 11.5. The molecule has 0 aromatic heterocycles. The van der Waals surface area contributed by atoms with Gasteiger partial charge in [0.05, 0.1) is 6.61 Å². The summed E-state index contributed by atoms with van der Waals surface area (Å²) in [5.74, 6) is 1.74. The van der Waals surface area contributed by atoms with Gasteiger partial charge in [0.1, 0.15) is 5.75 Å². The van der Waals surface area contributed by atoms with Crippen LogP contribution in [0.1, 0.15) is 31.9 Å². The summed E-state index contributed by atoms with van der Waals surface area (Å²) in [5.41, 5.74) is 2.67. The van der Waals surface area contributed by atoms with E-state index < -0.39 is 0 Å². The third-order valence-corrected chi connectivity index (χ3v) is 2.47. The van der Waals surface area contributed by atoms with Crippen molar-refractivity contribution in [3.05, 3.63) is 29.3 Å². The van der Waals surface area contributed by atoms with E-state index in [1.54, 1.807) is 0 Å². The normalized spacial score (nSPS) is 11.5. The van der Waals surface area contributed by atoms with Crippen molar-refractivity contribution in [3.8, 4) is 5.75 Å². The van der Waals surface area contributed by atoms with Crippen LogP contribution < -0.4 is 4.74 Å². The molecule has 2 heteroatoms. The number of thiol groups is 1. The lowest BCUT2D eigenvalue weighted by molar-refractivity contribution is 0.333. The van der Waals surface area contributed by atoms with E-state index in [0.29, 0.717) is 6.61 Å². The van der Waals surface area contributed by atoms with Gasteiger partial charge in [-0.05, 0) is 24.0 Å². The molecule has 0 bridgehead atoms. The van der Waals surface area contributed by atoms with Gasteiger partial charge in [-0.25, -0.2) is 0 Å². The SMILES string of the molecule is Cc1ccc(OCCS)c(C(C)(C)C)c1. The molecule has 84 valence electrons. The van der Waals surface area contributed by atoms with Crippen molar-refractivity contribution in [2.75, 3.05) is 12.4 Å². The summed E-state index contributed by atoms with van der Waals surface area (Å²) in [7, 11) is 0. The Labute approximate surface area is 98.3 Å². The maximum absolute atomic E-state index is 5.69. The first-order valence-electron chi connectivity index (χ1n) is 5.30. The van der Waals surface area contributed by atoms with Gasteiger partial charge >= 0.3 is 0 Å². The van der Waals surface area contributed by atoms with Crippen molar-refractivity contribution >= 4 is 12.6 Å². The topological polar surface area (TPSA) is 9.23 Å². The van der Waals surface area contributed by atoms with Crippen LogP contribution in [0.4, 0.5) is 0 Å². The lowest BCUT2D eigenvalue weighted by Gasteiger charge is -2.23. The number of rotatable bonds is 3. The minimum Gasteiger partial charge on any atom is -0.492 e. The van der Waals surface area contributed by atoms with E-state index in [-0.39, 0.29) is 5.41 Å². The summed E-state index contributed by atoms with van der Waals surface area (Å²) >= 11 is 4.15. The Morgan fingerprint density at radius 2 is 1.93 bits per heavy atom. The predicted octanol–water partition coefficient (Wildman–Crippen LogP) is 3.60. The van der Waals surface area contributed by atoms with Crippen molar-refractivity contribution in [2.24, 2.45) is 0 Å².